The summed E-state index contributed by atoms with van der Waals surface area (Å²) in [5, 5.41) is 12.2. The van der Waals surface area contributed by atoms with Crippen molar-refractivity contribution in [3.63, 3.8) is 0 Å². The molecule has 3 saturated heterocycles. The van der Waals surface area contributed by atoms with Crippen molar-refractivity contribution in [1.82, 2.24) is 0 Å². The largest absolute Gasteiger partial charge is 0.462 e. The smallest absolute Gasteiger partial charge is 0.361 e. The van der Waals surface area contributed by atoms with E-state index in [-0.39, 0.29) is 11.9 Å². The van der Waals surface area contributed by atoms with Gasteiger partial charge in [0.05, 0.1) is 26.2 Å². The number of fused-ring (bicyclic) bond motifs is 3. The van der Waals surface area contributed by atoms with E-state index in [1.54, 1.807) is 0 Å². The maximum absolute atomic E-state index is 12.3. The molecule has 0 spiro atoms. The van der Waals surface area contributed by atoms with Crippen molar-refractivity contribution >= 4 is 5.97 Å². The lowest BCUT2D eigenvalue weighted by Gasteiger charge is -2.56. The molecule has 3 aliphatic heterocycles. The van der Waals surface area contributed by atoms with E-state index >= 15 is 0 Å². The zero-order chi connectivity index (χ0) is 19.6. The van der Waals surface area contributed by atoms with Gasteiger partial charge in [-0.15, -0.1) is 0 Å². The van der Waals surface area contributed by atoms with Crippen molar-refractivity contribution in [2.24, 2.45) is 11.8 Å². The molecular weight excluding hydrogens is 350 g/mol. The Morgan fingerprint density at radius 1 is 1.04 bits per heavy atom. The molecule has 0 saturated carbocycles. The molecule has 5 rings (SSSR count). The predicted octanol–water partition coefficient (Wildman–Crippen LogP) is 3.34. The Morgan fingerprint density at radius 2 is 1.57 bits per heavy atom. The maximum Gasteiger partial charge on any atom is 0.361 e. The summed E-state index contributed by atoms with van der Waals surface area (Å²) in [4.78, 5) is 12.3. The summed E-state index contributed by atoms with van der Waals surface area (Å²) < 4.78 is 6.00. The van der Waals surface area contributed by atoms with Crippen molar-refractivity contribution in [1.29, 1.82) is 0 Å². The maximum atomic E-state index is 12.3. The molecule has 1 N–H and O–H groups in total. The molecule has 4 nitrogen and oxygen atoms in total. The topological polar surface area (TPSA) is 46.5 Å². The highest BCUT2D eigenvalue weighted by Crippen LogP contribution is 2.49. The molecular formula is C24H30NO3+. The summed E-state index contributed by atoms with van der Waals surface area (Å²) in [6.07, 6.45) is 2.10. The Bertz CT molecular complexity index is 758. The zero-order valence-corrected chi connectivity index (χ0v) is 16.6. The molecule has 3 aliphatic rings. The lowest BCUT2D eigenvalue weighted by atomic mass is 9.64. The predicted molar refractivity (Wildman–Crippen MR) is 108 cm³/mol. The first kappa shape index (κ1) is 19.2. The van der Waals surface area contributed by atoms with Gasteiger partial charge in [0.15, 0.2) is 6.54 Å². The van der Waals surface area contributed by atoms with Gasteiger partial charge >= 0.3 is 5.97 Å². The second-order valence-corrected chi connectivity index (χ2v) is 8.38. The highest BCUT2D eigenvalue weighted by Gasteiger charge is 2.55. The van der Waals surface area contributed by atoms with Crippen molar-refractivity contribution in [2.45, 2.75) is 25.4 Å². The Kier molecular flexibility index (Phi) is 5.26. The SMILES string of the molecule is CCOC(=O)C[N+]12CCC(CC1)[C@@H](C(O)(c1ccccc1)c1ccccc1)C2. The molecule has 3 heterocycles. The normalized spacial score (nSPS) is 26.8. The fraction of sp³-hybridized carbons (Fsp3) is 0.458. The number of nitrogens with zero attached hydrogens (tertiary/aromatic N) is 1. The van der Waals surface area contributed by atoms with Crippen LogP contribution in [0.1, 0.15) is 30.9 Å². The van der Waals surface area contributed by atoms with Gasteiger partial charge in [0.1, 0.15) is 5.60 Å². The first-order valence-electron chi connectivity index (χ1n) is 10.4. The molecule has 2 bridgehead atoms. The standard InChI is InChI=1S/C24H30NO3/c1-2-28-23(26)18-25-15-13-19(14-16-25)22(17-25)24(27,20-9-5-3-6-10-20)21-11-7-4-8-12-21/h3-12,19,22,27H,2,13-18H2,1H3/q+1/t19?,22-,25?/m0/s1. The van der Waals surface area contributed by atoms with E-state index in [4.69, 9.17) is 4.74 Å². The summed E-state index contributed by atoms with van der Waals surface area (Å²) in [5.74, 6) is 0.423. The summed E-state index contributed by atoms with van der Waals surface area (Å²) in [5.41, 5.74) is 0.829. The van der Waals surface area contributed by atoms with E-state index in [0.29, 0.717) is 19.1 Å². The van der Waals surface area contributed by atoms with Gasteiger partial charge < -0.3 is 14.3 Å². The lowest BCUT2D eigenvalue weighted by Crippen LogP contribution is -2.66. The van der Waals surface area contributed by atoms with Crippen LogP contribution in [0.25, 0.3) is 0 Å². The van der Waals surface area contributed by atoms with E-state index in [9.17, 15) is 9.90 Å². The molecule has 2 aromatic rings. The number of piperidine rings is 3. The summed E-state index contributed by atoms with van der Waals surface area (Å²) in [6, 6.07) is 20.1. The van der Waals surface area contributed by atoms with E-state index in [0.717, 1.165) is 48.1 Å². The second-order valence-electron chi connectivity index (χ2n) is 8.38. The van der Waals surface area contributed by atoms with Gasteiger partial charge in [0.25, 0.3) is 0 Å². The Balaban J connectivity index is 1.72. The third-order valence-corrected chi connectivity index (χ3v) is 6.84. The zero-order valence-electron chi connectivity index (χ0n) is 16.6. The van der Waals surface area contributed by atoms with Gasteiger partial charge in [-0.2, -0.15) is 0 Å². The Morgan fingerprint density at radius 3 is 2.07 bits per heavy atom. The fourth-order valence-electron chi connectivity index (χ4n) is 5.44. The van der Waals surface area contributed by atoms with Crippen LogP contribution in [0, 0.1) is 11.8 Å². The number of carbonyl (C=O) groups is 1. The van der Waals surface area contributed by atoms with E-state index in [1.807, 2.05) is 67.6 Å². The molecule has 0 unspecified atom stereocenters. The highest BCUT2D eigenvalue weighted by atomic mass is 16.5. The molecule has 4 heteroatoms. The van der Waals surface area contributed by atoms with Crippen LogP contribution in [0.5, 0.6) is 0 Å². The van der Waals surface area contributed by atoms with Crippen LogP contribution in [-0.2, 0) is 15.1 Å². The number of esters is 1. The van der Waals surface area contributed by atoms with Crippen molar-refractivity contribution < 1.29 is 19.1 Å². The molecule has 148 valence electrons. The van der Waals surface area contributed by atoms with Gasteiger partial charge in [0.2, 0.25) is 0 Å². The third-order valence-electron chi connectivity index (χ3n) is 6.84. The first-order chi connectivity index (χ1) is 13.6. The van der Waals surface area contributed by atoms with E-state index in [1.165, 1.54) is 0 Å². The van der Waals surface area contributed by atoms with Crippen LogP contribution in [0.2, 0.25) is 0 Å². The van der Waals surface area contributed by atoms with Crippen LogP contribution >= 0.6 is 0 Å². The minimum atomic E-state index is -1.05. The van der Waals surface area contributed by atoms with Crippen molar-refractivity contribution in [3.05, 3.63) is 71.8 Å². The molecule has 28 heavy (non-hydrogen) atoms. The average Bonchev–Trinajstić information content (AvgIpc) is 2.75. The number of hydrogen-bond donors (Lipinski definition) is 1. The first-order valence-corrected chi connectivity index (χ1v) is 10.4. The van der Waals surface area contributed by atoms with Gasteiger partial charge in [-0.25, -0.2) is 4.79 Å². The number of benzene rings is 2. The van der Waals surface area contributed by atoms with Gasteiger partial charge in [-0.05, 0) is 24.0 Å². The van der Waals surface area contributed by atoms with Crippen LogP contribution in [0.4, 0.5) is 0 Å². The second kappa shape index (κ2) is 7.69. The van der Waals surface area contributed by atoms with Gasteiger partial charge in [-0.3, -0.25) is 0 Å². The molecule has 0 amide bonds. The van der Waals surface area contributed by atoms with Crippen LogP contribution in [-0.4, -0.2) is 48.3 Å². The highest BCUT2D eigenvalue weighted by molar-refractivity contribution is 5.70. The minimum Gasteiger partial charge on any atom is -0.462 e. The number of rotatable bonds is 6. The van der Waals surface area contributed by atoms with Crippen molar-refractivity contribution in [2.75, 3.05) is 32.8 Å². The molecule has 0 radical (unpaired) electrons. The van der Waals surface area contributed by atoms with Gasteiger partial charge in [0, 0.05) is 18.8 Å². The fourth-order valence-corrected chi connectivity index (χ4v) is 5.44. The third kappa shape index (κ3) is 3.36. The Labute approximate surface area is 167 Å². The van der Waals surface area contributed by atoms with Crippen LogP contribution in [0.3, 0.4) is 0 Å². The van der Waals surface area contributed by atoms with E-state index < -0.39 is 5.60 Å². The monoisotopic (exact) mass is 380 g/mol. The Hall–Kier alpha value is -2.17. The minimum absolute atomic E-state index is 0.0780. The van der Waals surface area contributed by atoms with Crippen LogP contribution < -0.4 is 0 Å². The molecule has 0 aliphatic carbocycles. The lowest BCUT2D eigenvalue weighted by molar-refractivity contribution is -0.941. The quantitative estimate of drug-likeness (QED) is 0.618. The number of quaternary nitrogens is 1. The summed E-state index contributed by atoms with van der Waals surface area (Å²) >= 11 is 0. The molecule has 1 atom stereocenters. The number of ether oxygens (including phenoxy) is 1. The summed E-state index contributed by atoms with van der Waals surface area (Å²) in [6.45, 7) is 5.50. The van der Waals surface area contributed by atoms with Crippen LogP contribution in [0.15, 0.2) is 60.7 Å². The molecule has 2 aromatic carbocycles. The number of carbonyl (C=O) groups excluding carboxylic acids is 1. The summed E-state index contributed by atoms with van der Waals surface area (Å²) in [7, 11) is 0. The number of hydrogen-bond acceptors (Lipinski definition) is 3. The molecule has 0 aromatic heterocycles. The van der Waals surface area contributed by atoms with Gasteiger partial charge in [-0.1, -0.05) is 60.7 Å². The number of aliphatic hydroxyl groups is 1. The van der Waals surface area contributed by atoms with E-state index in [2.05, 4.69) is 0 Å². The van der Waals surface area contributed by atoms with Crippen molar-refractivity contribution in [3.8, 4) is 0 Å². The average molecular weight is 381 g/mol. The molecule has 3 fully saturated rings.